The molecule has 0 aliphatic carbocycles. The minimum atomic E-state index is -4.66. The summed E-state index contributed by atoms with van der Waals surface area (Å²) in [6, 6.07) is 1.05. The number of anilines is 1. The Hall–Kier alpha value is -0.605. The molecule has 0 amide bonds. The van der Waals surface area contributed by atoms with Gasteiger partial charge in [-0.1, -0.05) is 5.75 Å². The Labute approximate surface area is 121 Å². The predicted molar refractivity (Wildman–Crippen MR) is 44.4 cm³/mol. The molecule has 1 rings (SSSR count). The van der Waals surface area contributed by atoms with E-state index in [1.807, 2.05) is 0 Å². The topological polar surface area (TPSA) is 144 Å². The molecule has 0 atom stereocenters. The molecule has 82 valence electrons. The number of carbonyl (C=O) groups is 1. The van der Waals surface area contributed by atoms with Crippen LogP contribution in [0.3, 0.4) is 0 Å². The maximum absolute atomic E-state index is 11.0. The van der Waals surface area contributed by atoms with Crippen molar-refractivity contribution >= 4 is 21.8 Å². The Morgan fingerprint density at radius 1 is 1.29 bits per heavy atom. The minimum Gasteiger partial charge on any atom is -0.872 e. The summed E-state index contributed by atoms with van der Waals surface area (Å²) < 4.78 is 30.0. The van der Waals surface area contributed by atoms with E-state index in [1.165, 1.54) is 0 Å². The van der Waals surface area contributed by atoms with Crippen LogP contribution in [-0.2, 0) is 10.1 Å². The fraction of sp³-hybridized carbons (Fsp3) is 0. The zero-order chi connectivity index (χ0) is 11.8. The molecule has 0 radical (unpaired) electrons. The summed E-state index contributed by atoms with van der Waals surface area (Å²) in [5.74, 6) is -2.83. The van der Waals surface area contributed by atoms with Crippen LogP contribution in [0.15, 0.2) is 17.0 Å². The van der Waals surface area contributed by atoms with Crippen molar-refractivity contribution in [3.63, 3.8) is 0 Å². The number of hydrogen-bond donors (Lipinski definition) is 2. The third-order valence-corrected chi connectivity index (χ3v) is 2.52. The van der Waals surface area contributed by atoms with Gasteiger partial charge in [-0.25, -0.2) is 0 Å². The Morgan fingerprint density at radius 2 is 1.76 bits per heavy atom. The number of benzene rings is 1. The standard InChI is InChI=1S/C7H7NO6S.2Li/c8-4-2-5(9)3(7(10)11)1-6(4)15(12,13)14;;/h1-2,9H,8H2,(H,10,11)(H,12,13,14);;/q;2*+1/p-2. The van der Waals surface area contributed by atoms with Gasteiger partial charge in [-0.2, -0.15) is 8.42 Å². The maximum Gasteiger partial charge on any atom is 1.00 e. The van der Waals surface area contributed by atoms with Crippen molar-refractivity contribution in [2.75, 3.05) is 5.73 Å². The van der Waals surface area contributed by atoms with Crippen LogP contribution < -0.4 is 53.7 Å². The minimum absolute atomic E-state index is 0. The number of carboxylic acids is 1. The average Bonchev–Trinajstić information content (AvgIpc) is 2.00. The Bertz CT molecular complexity index is 529. The number of carbonyl (C=O) groups excluding carboxylic acids is 1. The zero-order valence-corrected chi connectivity index (χ0v) is 9.95. The van der Waals surface area contributed by atoms with Gasteiger partial charge in [0.2, 0.25) is 0 Å². The van der Waals surface area contributed by atoms with Crippen molar-refractivity contribution in [1.29, 1.82) is 0 Å². The van der Waals surface area contributed by atoms with Crippen molar-refractivity contribution in [1.82, 2.24) is 0 Å². The van der Waals surface area contributed by atoms with Crippen molar-refractivity contribution in [3.8, 4) is 5.75 Å². The molecular formula is C7H5Li2NO6S. The molecule has 7 nitrogen and oxygen atoms in total. The van der Waals surface area contributed by atoms with Gasteiger partial charge >= 0.3 is 37.7 Å². The van der Waals surface area contributed by atoms with Gasteiger partial charge in [0.15, 0.2) is 0 Å². The molecule has 10 heteroatoms. The van der Waals surface area contributed by atoms with Crippen LogP contribution in [-0.4, -0.2) is 18.9 Å². The van der Waals surface area contributed by atoms with Crippen molar-refractivity contribution in [2.24, 2.45) is 0 Å². The molecule has 1 aromatic carbocycles. The van der Waals surface area contributed by atoms with Gasteiger partial charge in [-0.3, -0.25) is 4.55 Å². The summed E-state index contributed by atoms with van der Waals surface area (Å²) >= 11 is 0. The normalized spacial score (nSPS) is 9.94. The number of nitrogens with two attached hydrogens (primary N) is 1. The zero-order valence-electron chi connectivity index (χ0n) is 9.13. The molecule has 3 N–H and O–H groups in total. The fourth-order valence-corrected chi connectivity index (χ4v) is 1.58. The molecule has 0 aliphatic rings. The molecule has 0 heterocycles. The van der Waals surface area contributed by atoms with E-state index in [0.29, 0.717) is 12.1 Å². The molecule has 0 spiro atoms. The van der Waals surface area contributed by atoms with Crippen LogP contribution in [0.25, 0.3) is 0 Å². The van der Waals surface area contributed by atoms with Crippen molar-refractivity contribution < 1.29 is 65.7 Å². The first-order valence-electron chi connectivity index (χ1n) is 3.53. The quantitative estimate of drug-likeness (QED) is 0.299. The third kappa shape index (κ3) is 4.28. The van der Waals surface area contributed by atoms with Crippen LogP contribution >= 0.6 is 0 Å². The second-order valence-electron chi connectivity index (χ2n) is 2.65. The average molecular weight is 245 g/mol. The summed E-state index contributed by atoms with van der Waals surface area (Å²) in [5, 5.41) is 21.4. The van der Waals surface area contributed by atoms with Gasteiger partial charge in [0.25, 0.3) is 10.1 Å². The molecule has 0 aromatic heterocycles. The number of hydrogen-bond acceptors (Lipinski definition) is 6. The second kappa shape index (κ2) is 6.36. The number of nitrogen functional groups attached to an aromatic ring is 1. The summed E-state index contributed by atoms with van der Waals surface area (Å²) in [6.07, 6.45) is 0. The Balaban J connectivity index is 0. The van der Waals surface area contributed by atoms with Crippen LogP contribution in [0, 0.1) is 0 Å². The van der Waals surface area contributed by atoms with Gasteiger partial charge < -0.3 is 20.7 Å². The van der Waals surface area contributed by atoms with Crippen LogP contribution in [0.5, 0.6) is 5.75 Å². The number of aromatic carboxylic acids is 1. The molecule has 0 saturated carbocycles. The van der Waals surface area contributed by atoms with Gasteiger partial charge in [0.1, 0.15) is 4.90 Å². The molecular weight excluding hydrogens is 240 g/mol. The molecule has 0 saturated heterocycles. The summed E-state index contributed by atoms with van der Waals surface area (Å²) in [6.45, 7) is 0. The Morgan fingerprint density at radius 3 is 2.12 bits per heavy atom. The van der Waals surface area contributed by atoms with Crippen LogP contribution in [0.1, 0.15) is 10.4 Å². The first kappa shape index (κ1) is 18.8. The van der Waals surface area contributed by atoms with Gasteiger partial charge in [0, 0.05) is 0 Å². The smallest absolute Gasteiger partial charge is 0.872 e. The molecule has 0 fully saturated rings. The molecule has 0 bridgehead atoms. The fourth-order valence-electron chi connectivity index (χ4n) is 0.959. The van der Waals surface area contributed by atoms with E-state index in [0.717, 1.165) is 0 Å². The first-order valence-corrected chi connectivity index (χ1v) is 4.97. The van der Waals surface area contributed by atoms with Crippen molar-refractivity contribution in [3.05, 3.63) is 17.7 Å². The van der Waals surface area contributed by atoms with E-state index in [1.54, 1.807) is 0 Å². The molecule has 0 aliphatic heterocycles. The van der Waals surface area contributed by atoms with Crippen molar-refractivity contribution in [2.45, 2.75) is 4.90 Å². The Kier molecular flexibility index (Phi) is 7.02. The molecule has 1 aromatic rings. The van der Waals surface area contributed by atoms with E-state index in [-0.39, 0.29) is 37.7 Å². The second-order valence-corrected chi connectivity index (χ2v) is 4.04. The monoisotopic (exact) mass is 245 g/mol. The maximum atomic E-state index is 11.0. The van der Waals surface area contributed by atoms with E-state index >= 15 is 0 Å². The number of carboxylic acid groups (broad SMARTS) is 1. The summed E-state index contributed by atoms with van der Waals surface area (Å²) in [4.78, 5) is 9.55. The predicted octanol–water partition coefficient (Wildman–Crippen LogP) is -8.04. The van der Waals surface area contributed by atoms with E-state index in [4.69, 9.17) is 10.3 Å². The van der Waals surface area contributed by atoms with Gasteiger partial charge in [-0.05, 0) is 17.7 Å². The SMILES string of the molecule is Nc1cc([O-])c(C(=O)[O-])cc1S(=O)(=O)O.[Li+].[Li+]. The van der Waals surface area contributed by atoms with E-state index < -0.39 is 38.0 Å². The van der Waals surface area contributed by atoms with Gasteiger partial charge in [-0.15, -0.1) is 0 Å². The van der Waals surface area contributed by atoms with Crippen LogP contribution in [0.2, 0.25) is 0 Å². The largest absolute Gasteiger partial charge is 1.00 e. The first-order chi connectivity index (χ1) is 6.73. The van der Waals surface area contributed by atoms with Crippen LogP contribution in [0.4, 0.5) is 5.69 Å². The van der Waals surface area contributed by atoms with E-state index in [2.05, 4.69) is 0 Å². The summed E-state index contributed by atoms with van der Waals surface area (Å²) in [7, 11) is -4.66. The molecule has 0 unspecified atom stereocenters. The molecule has 17 heavy (non-hydrogen) atoms. The van der Waals surface area contributed by atoms with E-state index in [9.17, 15) is 23.4 Å². The van der Waals surface area contributed by atoms with Gasteiger partial charge in [0.05, 0.1) is 11.7 Å². The number of rotatable bonds is 2. The third-order valence-electron chi connectivity index (χ3n) is 1.61. The summed E-state index contributed by atoms with van der Waals surface area (Å²) in [5.41, 5.74) is 3.73.